The van der Waals surface area contributed by atoms with Crippen molar-refractivity contribution in [3.63, 3.8) is 0 Å². The molecule has 1 saturated heterocycles. The molecule has 2 fully saturated rings. The number of nitrogens with two attached hydrogens (primary N) is 1. The fourth-order valence-electron chi connectivity index (χ4n) is 3.02. The minimum atomic E-state index is -3.51. The highest BCUT2D eigenvalue weighted by Gasteiger charge is 2.46. The Hall–Kier alpha value is -0.270. The zero-order valence-electron chi connectivity index (χ0n) is 10.2. The van der Waals surface area contributed by atoms with Gasteiger partial charge in [-0.15, -0.1) is 0 Å². The van der Waals surface area contributed by atoms with Gasteiger partial charge < -0.3 is 4.74 Å². The van der Waals surface area contributed by atoms with Crippen molar-refractivity contribution in [2.24, 2.45) is 11.1 Å². The molecule has 0 bridgehead atoms. The van der Waals surface area contributed by atoms with Crippen LogP contribution in [0.1, 0.15) is 38.5 Å². The summed E-state index contributed by atoms with van der Waals surface area (Å²) in [7, 11) is -3.51. The average Bonchev–Trinajstić information content (AvgIpc) is 2.21. The zero-order chi connectivity index (χ0) is 13.4. The maximum Gasteiger partial charge on any atom is 0.248 e. The predicted molar refractivity (Wildman–Crippen MR) is 62.8 cm³/mol. The van der Waals surface area contributed by atoms with E-state index in [1.165, 1.54) is 0 Å². The van der Waals surface area contributed by atoms with Gasteiger partial charge >= 0.3 is 0 Å². The molecule has 0 amide bonds. The van der Waals surface area contributed by atoms with E-state index in [4.69, 9.17) is 9.88 Å². The van der Waals surface area contributed by atoms with E-state index >= 15 is 0 Å². The van der Waals surface area contributed by atoms with Gasteiger partial charge in [-0.3, -0.25) is 0 Å². The molecule has 1 unspecified atom stereocenters. The highest BCUT2D eigenvalue weighted by molar-refractivity contribution is 7.89. The van der Waals surface area contributed by atoms with Crippen LogP contribution < -0.4 is 5.14 Å². The van der Waals surface area contributed by atoms with E-state index in [0.29, 0.717) is 32.3 Å². The van der Waals surface area contributed by atoms with Crippen LogP contribution in [-0.4, -0.2) is 32.3 Å². The van der Waals surface area contributed by atoms with Crippen molar-refractivity contribution in [3.8, 4) is 0 Å². The van der Waals surface area contributed by atoms with Crippen LogP contribution in [0, 0.1) is 5.92 Å². The van der Waals surface area contributed by atoms with Crippen LogP contribution in [0.25, 0.3) is 0 Å². The molecular formula is C11H19F2NO3S. The fourth-order valence-corrected chi connectivity index (χ4v) is 3.96. The molecule has 2 N–H and O–H groups in total. The van der Waals surface area contributed by atoms with Gasteiger partial charge in [0.25, 0.3) is 0 Å². The third-order valence-electron chi connectivity index (χ3n) is 3.96. The van der Waals surface area contributed by atoms with Gasteiger partial charge in [0.1, 0.15) is 0 Å². The smallest absolute Gasteiger partial charge is 0.248 e. The normalized spacial score (nSPS) is 31.4. The Morgan fingerprint density at radius 1 is 1.22 bits per heavy atom. The average molecular weight is 283 g/mol. The quantitative estimate of drug-likeness (QED) is 0.837. The molecule has 4 nitrogen and oxygen atoms in total. The third-order valence-corrected chi connectivity index (χ3v) is 4.89. The molecule has 106 valence electrons. The Kier molecular flexibility index (Phi) is 3.68. The Morgan fingerprint density at radius 3 is 2.39 bits per heavy atom. The minimum Gasteiger partial charge on any atom is -0.375 e. The van der Waals surface area contributed by atoms with E-state index in [0.717, 1.165) is 0 Å². The van der Waals surface area contributed by atoms with Crippen LogP contribution in [0.2, 0.25) is 0 Å². The number of rotatable bonds is 2. The highest BCUT2D eigenvalue weighted by Crippen LogP contribution is 2.45. The van der Waals surface area contributed by atoms with E-state index in [2.05, 4.69) is 0 Å². The molecule has 1 spiro atoms. The van der Waals surface area contributed by atoms with Crippen LogP contribution >= 0.6 is 0 Å². The summed E-state index contributed by atoms with van der Waals surface area (Å²) < 4.78 is 54.1. The Bertz CT molecular complexity index is 401. The second-order valence-electron chi connectivity index (χ2n) is 5.58. The van der Waals surface area contributed by atoms with Crippen molar-refractivity contribution in [3.05, 3.63) is 0 Å². The van der Waals surface area contributed by atoms with Crippen molar-refractivity contribution < 1.29 is 21.9 Å². The molecule has 1 aliphatic heterocycles. The molecule has 0 radical (unpaired) electrons. The molecule has 1 heterocycles. The van der Waals surface area contributed by atoms with E-state index in [1.807, 2.05) is 0 Å². The van der Waals surface area contributed by atoms with Gasteiger partial charge in [-0.05, 0) is 31.6 Å². The first-order valence-corrected chi connectivity index (χ1v) is 7.94. The Labute approximate surface area is 106 Å². The molecule has 2 aliphatic rings. The number of sulfonamides is 1. The summed E-state index contributed by atoms with van der Waals surface area (Å²) in [6.07, 6.45) is 1.43. The summed E-state index contributed by atoms with van der Waals surface area (Å²) in [5.41, 5.74) is -0.546. The van der Waals surface area contributed by atoms with Crippen molar-refractivity contribution >= 4 is 10.0 Å². The second-order valence-corrected chi connectivity index (χ2v) is 7.23. The molecule has 0 aromatic rings. The molecule has 1 aliphatic carbocycles. The highest BCUT2D eigenvalue weighted by atomic mass is 32.2. The predicted octanol–water partition coefficient (Wildman–Crippen LogP) is 1.65. The van der Waals surface area contributed by atoms with Gasteiger partial charge in [0.15, 0.2) is 0 Å². The number of primary sulfonamides is 1. The van der Waals surface area contributed by atoms with Crippen molar-refractivity contribution in [1.29, 1.82) is 0 Å². The van der Waals surface area contributed by atoms with Crippen molar-refractivity contribution in [2.75, 3.05) is 12.4 Å². The zero-order valence-corrected chi connectivity index (χ0v) is 11.0. The van der Waals surface area contributed by atoms with Crippen LogP contribution in [0.3, 0.4) is 0 Å². The Balaban J connectivity index is 1.98. The number of halogens is 2. The standard InChI is InChI=1S/C11H19F2NO3S/c12-11(13)4-2-10(3-5-11)7-9(1-6-17-10)8-18(14,15)16/h9H,1-8H2,(H2,14,15,16). The van der Waals surface area contributed by atoms with Gasteiger partial charge in [-0.25, -0.2) is 22.3 Å². The van der Waals surface area contributed by atoms with Gasteiger partial charge in [0.05, 0.1) is 11.4 Å². The first kappa shape index (κ1) is 14.1. The summed E-state index contributed by atoms with van der Waals surface area (Å²) in [5.74, 6) is -2.74. The SMILES string of the molecule is NS(=O)(=O)CC1CCOC2(CCC(F)(F)CC2)C1. The first-order chi connectivity index (χ1) is 8.20. The van der Waals surface area contributed by atoms with Gasteiger partial charge in [0.2, 0.25) is 15.9 Å². The minimum absolute atomic E-state index is 0.0690. The van der Waals surface area contributed by atoms with Gasteiger partial charge in [0, 0.05) is 19.4 Å². The molecule has 2 rings (SSSR count). The summed E-state index contributed by atoms with van der Waals surface area (Å²) in [5, 5.41) is 5.04. The summed E-state index contributed by atoms with van der Waals surface area (Å²) in [6.45, 7) is 0.436. The van der Waals surface area contributed by atoms with E-state index in [9.17, 15) is 17.2 Å². The molecule has 7 heteroatoms. The number of hydrogen-bond donors (Lipinski definition) is 1. The first-order valence-electron chi connectivity index (χ1n) is 6.22. The van der Waals surface area contributed by atoms with E-state index in [1.54, 1.807) is 0 Å². The largest absolute Gasteiger partial charge is 0.375 e. The lowest BCUT2D eigenvalue weighted by atomic mass is 9.75. The molecule has 1 saturated carbocycles. The summed E-state index contributed by atoms with van der Waals surface area (Å²) in [4.78, 5) is 0. The van der Waals surface area contributed by atoms with Gasteiger partial charge in [-0.2, -0.15) is 0 Å². The van der Waals surface area contributed by atoms with E-state index < -0.39 is 21.5 Å². The molecule has 0 aromatic heterocycles. The molecule has 0 aromatic carbocycles. The number of hydrogen-bond acceptors (Lipinski definition) is 3. The third kappa shape index (κ3) is 3.61. The molecule has 1 atom stereocenters. The Morgan fingerprint density at radius 2 is 1.83 bits per heavy atom. The van der Waals surface area contributed by atoms with E-state index in [-0.39, 0.29) is 24.5 Å². The summed E-state index contributed by atoms with van der Waals surface area (Å²) in [6, 6.07) is 0. The van der Waals surface area contributed by atoms with Gasteiger partial charge in [-0.1, -0.05) is 0 Å². The lowest BCUT2D eigenvalue weighted by molar-refractivity contribution is -0.158. The lowest BCUT2D eigenvalue weighted by Gasteiger charge is -2.45. The van der Waals surface area contributed by atoms with Crippen molar-refractivity contribution in [2.45, 2.75) is 50.0 Å². The maximum atomic E-state index is 13.1. The second kappa shape index (κ2) is 4.68. The van der Waals surface area contributed by atoms with Crippen molar-refractivity contribution in [1.82, 2.24) is 0 Å². The topological polar surface area (TPSA) is 69.4 Å². The maximum absolute atomic E-state index is 13.1. The van der Waals surface area contributed by atoms with Crippen LogP contribution in [0.5, 0.6) is 0 Å². The van der Waals surface area contributed by atoms with Crippen LogP contribution in [0.15, 0.2) is 0 Å². The monoisotopic (exact) mass is 283 g/mol. The summed E-state index contributed by atoms with van der Waals surface area (Å²) >= 11 is 0. The molecular weight excluding hydrogens is 264 g/mol. The van der Waals surface area contributed by atoms with Crippen LogP contribution in [-0.2, 0) is 14.8 Å². The lowest BCUT2D eigenvalue weighted by Crippen LogP contribution is -2.46. The molecule has 18 heavy (non-hydrogen) atoms. The van der Waals surface area contributed by atoms with Crippen LogP contribution in [0.4, 0.5) is 8.78 Å². The number of alkyl halides is 2. The fraction of sp³-hybridized carbons (Fsp3) is 1.00. The number of ether oxygens (including phenoxy) is 1.